The van der Waals surface area contributed by atoms with Crippen molar-refractivity contribution >= 4 is 29.1 Å². The maximum absolute atomic E-state index is 13.6. The number of anilines is 1. The Hall–Kier alpha value is -2.75. The fourth-order valence-electron chi connectivity index (χ4n) is 4.84. The molecule has 2 aromatic rings. The average molecular weight is 489 g/mol. The Balaban J connectivity index is 1.32. The molecule has 3 aliphatic heterocycles. The normalized spacial score (nSPS) is 21.7. The van der Waals surface area contributed by atoms with Crippen LogP contribution in [-0.4, -0.2) is 65.9 Å². The number of hydrogen-bond donors (Lipinski definition) is 2. The number of amides is 2. The number of piperidine rings is 1. The van der Waals surface area contributed by atoms with Gasteiger partial charge in [0.1, 0.15) is 23.1 Å². The smallest absolute Gasteiger partial charge is 0.245 e. The lowest BCUT2D eigenvalue weighted by molar-refractivity contribution is -0.193. The van der Waals surface area contributed by atoms with Gasteiger partial charge in [-0.3, -0.25) is 9.59 Å². The molecule has 0 radical (unpaired) electrons. The van der Waals surface area contributed by atoms with Gasteiger partial charge < -0.3 is 25.0 Å². The van der Waals surface area contributed by atoms with Crippen molar-refractivity contribution in [1.29, 1.82) is 0 Å². The number of carbonyl (C=O) groups is 2. The number of nitrogens with one attached hydrogen (secondary N) is 2. The third-order valence-electron chi connectivity index (χ3n) is 6.54. The molecule has 1 unspecified atom stereocenters. The summed E-state index contributed by atoms with van der Waals surface area (Å²) in [6.45, 7) is 1.88. The number of ether oxygens (including phenoxy) is 2. The highest BCUT2D eigenvalue weighted by molar-refractivity contribution is 6.29. The van der Waals surface area contributed by atoms with Crippen molar-refractivity contribution in [2.24, 2.45) is 0 Å². The highest BCUT2D eigenvalue weighted by atomic mass is 35.5. The molecule has 10 heteroatoms. The van der Waals surface area contributed by atoms with Gasteiger partial charge in [-0.1, -0.05) is 23.7 Å². The summed E-state index contributed by atoms with van der Waals surface area (Å²) >= 11 is 5.98. The molecule has 2 atom stereocenters. The maximum Gasteiger partial charge on any atom is 0.245 e. The summed E-state index contributed by atoms with van der Waals surface area (Å²) in [4.78, 5) is 32.5. The predicted octanol–water partition coefficient (Wildman–Crippen LogP) is 2.30. The highest BCUT2D eigenvalue weighted by Crippen LogP contribution is 2.31. The van der Waals surface area contributed by atoms with E-state index in [1.54, 1.807) is 29.3 Å². The van der Waals surface area contributed by atoms with E-state index >= 15 is 0 Å². The first-order valence-corrected chi connectivity index (χ1v) is 11.8. The van der Waals surface area contributed by atoms with E-state index in [-0.39, 0.29) is 24.1 Å². The third kappa shape index (κ3) is 4.87. The topological polar surface area (TPSA) is 92.8 Å². The van der Waals surface area contributed by atoms with Gasteiger partial charge in [-0.25, -0.2) is 9.37 Å². The Morgan fingerprint density at radius 1 is 1.29 bits per heavy atom. The fourth-order valence-corrected chi connectivity index (χ4v) is 5.02. The molecule has 0 saturated carbocycles. The van der Waals surface area contributed by atoms with Crippen molar-refractivity contribution in [1.82, 2.24) is 15.2 Å². The van der Waals surface area contributed by atoms with E-state index in [2.05, 4.69) is 15.6 Å². The fraction of sp³-hybridized carbons (Fsp3) is 0.458. The average Bonchev–Trinajstić information content (AvgIpc) is 3.46. The number of likely N-dealkylation sites (tertiary alicyclic amines) is 1. The van der Waals surface area contributed by atoms with Gasteiger partial charge in [0.05, 0.1) is 31.6 Å². The van der Waals surface area contributed by atoms with Gasteiger partial charge in [0.25, 0.3) is 0 Å². The van der Waals surface area contributed by atoms with E-state index in [9.17, 15) is 14.0 Å². The standard InChI is InChI=1S/C24H26ClFN4O4/c25-21-12-16-11-18(28-20(16)13-27-21)22(31)29-19(10-15-2-4-17(26)5-3-15)23(32)30-7-1-6-24(14-30)33-8-9-34-24/h2-5,12-13,18-19,28H,1,6-11,14H2,(H,29,31)/t18?,19-/m0/s1. The lowest BCUT2D eigenvalue weighted by Crippen LogP contribution is -2.58. The van der Waals surface area contributed by atoms with Crippen LogP contribution in [0.5, 0.6) is 0 Å². The van der Waals surface area contributed by atoms with E-state index in [0.717, 1.165) is 29.7 Å². The molecule has 1 aromatic heterocycles. The summed E-state index contributed by atoms with van der Waals surface area (Å²) in [6.07, 6.45) is 3.75. The molecule has 34 heavy (non-hydrogen) atoms. The van der Waals surface area contributed by atoms with Crippen LogP contribution in [0, 0.1) is 5.82 Å². The summed E-state index contributed by atoms with van der Waals surface area (Å²) < 4.78 is 25.0. The quantitative estimate of drug-likeness (QED) is 0.627. The van der Waals surface area contributed by atoms with Crippen molar-refractivity contribution < 1.29 is 23.5 Å². The molecule has 2 saturated heterocycles. The molecule has 5 rings (SSSR count). The van der Waals surface area contributed by atoms with E-state index in [4.69, 9.17) is 21.1 Å². The molecule has 2 amide bonds. The molecule has 8 nitrogen and oxygen atoms in total. The van der Waals surface area contributed by atoms with E-state index in [1.165, 1.54) is 12.1 Å². The SMILES string of the molecule is O=C(N[C@@H](Cc1ccc(F)cc1)C(=O)N1CCCC2(C1)OCCO2)C1Cc2cc(Cl)ncc2N1. The number of rotatable bonds is 5. The first kappa shape index (κ1) is 23.0. The Morgan fingerprint density at radius 2 is 2.06 bits per heavy atom. The molecule has 0 bridgehead atoms. The van der Waals surface area contributed by atoms with Crippen LogP contribution in [0.2, 0.25) is 5.15 Å². The molecule has 3 aliphatic rings. The lowest BCUT2D eigenvalue weighted by atomic mass is 10.00. The summed E-state index contributed by atoms with van der Waals surface area (Å²) in [6, 6.07) is 6.31. The maximum atomic E-state index is 13.6. The van der Waals surface area contributed by atoms with Crippen molar-refractivity contribution in [3.05, 3.63) is 58.6 Å². The van der Waals surface area contributed by atoms with Gasteiger partial charge in [-0.2, -0.15) is 0 Å². The number of carbonyl (C=O) groups excluding carboxylic acids is 2. The van der Waals surface area contributed by atoms with Crippen LogP contribution in [0.4, 0.5) is 10.1 Å². The van der Waals surface area contributed by atoms with Crippen molar-refractivity contribution in [3.63, 3.8) is 0 Å². The van der Waals surface area contributed by atoms with Crippen LogP contribution in [0.3, 0.4) is 0 Å². The molecule has 1 aromatic carbocycles. The second-order valence-electron chi connectivity index (χ2n) is 8.93. The van der Waals surface area contributed by atoms with Crippen LogP contribution in [0.1, 0.15) is 24.0 Å². The van der Waals surface area contributed by atoms with Gasteiger partial charge in [-0.05, 0) is 35.7 Å². The van der Waals surface area contributed by atoms with Gasteiger partial charge >= 0.3 is 0 Å². The molecule has 0 aliphatic carbocycles. The molecule has 1 spiro atoms. The first-order valence-electron chi connectivity index (χ1n) is 11.4. The summed E-state index contributed by atoms with van der Waals surface area (Å²) in [5.74, 6) is -1.63. The van der Waals surface area contributed by atoms with Crippen LogP contribution >= 0.6 is 11.6 Å². The molecular formula is C24H26ClFN4O4. The molecule has 2 N–H and O–H groups in total. The van der Waals surface area contributed by atoms with Crippen LogP contribution < -0.4 is 10.6 Å². The van der Waals surface area contributed by atoms with Gasteiger partial charge in [0.15, 0.2) is 5.79 Å². The number of fused-ring (bicyclic) bond motifs is 1. The minimum atomic E-state index is -0.818. The zero-order valence-corrected chi connectivity index (χ0v) is 19.3. The minimum Gasteiger partial charge on any atom is -0.372 e. The Labute approximate surface area is 201 Å². The molecule has 2 fully saturated rings. The third-order valence-corrected chi connectivity index (χ3v) is 6.74. The van der Waals surface area contributed by atoms with Gasteiger partial charge in [-0.15, -0.1) is 0 Å². The van der Waals surface area contributed by atoms with Crippen molar-refractivity contribution in [2.45, 2.75) is 43.6 Å². The van der Waals surface area contributed by atoms with Gasteiger partial charge in [0.2, 0.25) is 11.8 Å². The largest absolute Gasteiger partial charge is 0.372 e. The lowest BCUT2D eigenvalue weighted by Gasteiger charge is -2.40. The number of nitrogens with zero attached hydrogens (tertiary/aromatic N) is 2. The number of benzene rings is 1. The number of hydrogen-bond acceptors (Lipinski definition) is 6. The van der Waals surface area contributed by atoms with Crippen LogP contribution in [0.15, 0.2) is 36.5 Å². The zero-order valence-electron chi connectivity index (χ0n) is 18.6. The molecule has 180 valence electrons. The van der Waals surface area contributed by atoms with Crippen LogP contribution in [-0.2, 0) is 31.9 Å². The number of aromatic nitrogens is 1. The Morgan fingerprint density at radius 3 is 2.82 bits per heavy atom. The second kappa shape index (κ2) is 9.48. The van der Waals surface area contributed by atoms with E-state index in [1.807, 2.05) is 0 Å². The van der Waals surface area contributed by atoms with E-state index < -0.39 is 17.9 Å². The predicted molar refractivity (Wildman–Crippen MR) is 123 cm³/mol. The summed E-state index contributed by atoms with van der Waals surface area (Å²) in [7, 11) is 0. The Bertz CT molecular complexity index is 1080. The van der Waals surface area contributed by atoms with Gasteiger partial charge in [0, 0.05) is 25.8 Å². The Kier molecular flexibility index (Phi) is 6.42. The highest BCUT2D eigenvalue weighted by Gasteiger charge is 2.43. The minimum absolute atomic E-state index is 0.212. The van der Waals surface area contributed by atoms with Crippen molar-refractivity contribution in [2.75, 3.05) is 31.6 Å². The zero-order chi connectivity index (χ0) is 23.7. The molecular weight excluding hydrogens is 463 g/mol. The number of pyridine rings is 1. The monoisotopic (exact) mass is 488 g/mol. The molecule has 4 heterocycles. The summed E-state index contributed by atoms with van der Waals surface area (Å²) in [5.41, 5.74) is 2.40. The second-order valence-corrected chi connectivity index (χ2v) is 9.32. The van der Waals surface area contributed by atoms with Crippen molar-refractivity contribution in [3.8, 4) is 0 Å². The van der Waals surface area contributed by atoms with E-state index in [0.29, 0.717) is 37.9 Å². The first-order chi connectivity index (χ1) is 16.4. The summed E-state index contributed by atoms with van der Waals surface area (Å²) in [5, 5.41) is 6.44. The number of halogens is 2. The van der Waals surface area contributed by atoms with Crippen LogP contribution in [0.25, 0.3) is 0 Å².